The third kappa shape index (κ3) is 4.60. The Bertz CT molecular complexity index is 1340. The molecule has 36 heavy (non-hydrogen) atoms. The zero-order valence-corrected chi connectivity index (χ0v) is 19.9. The summed E-state index contributed by atoms with van der Waals surface area (Å²) < 4.78 is 24.9. The highest BCUT2D eigenvalue weighted by Gasteiger charge is 2.31. The summed E-state index contributed by atoms with van der Waals surface area (Å²) in [6, 6.07) is 19.7. The molecule has 5 rings (SSSR count). The van der Waals surface area contributed by atoms with Crippen LogP contribution in [0.3, 0.4) is 0 Å². The second kappa shape index (κ2) is 9.92. The first kappa shape index (κ1) is 23.7. The molecular weight excluding hydrogens is 459 g/mol. The number of halogens is 1. The number of rotatable bonds is 7. The number of phenols is 2. The number of fused-ring (bicyclic) bond motifs is 1. The number of nitrogens with zero attached hydrogens (tertiary/aromatic N) is 2. The van der Waals surface area contributed by atoms with E-state index in [9.17, 15) is 19.9 Å². The molecule has 0 saturated carbocycles. The van der Waals surface area contributed by atoms with Gasteiger partial charge in [0.1, 0.15) is 41.8 Å². The minimum atomic E-state index is -0.497. The van der Waals surface area contributed by atoms with E-state index in [4.69, 9.17) is 9.47 Å². The van der Waals surface area contributed by atoms with Crippen molar-refractivity contribution in [3.8, 4) is 29.1 Å². The number of phenolic OH excluding ortho intramolecular Hbond substituents is 2. The van der Waals surface area contributed by atoms with Crippen molar-refractivity contribution < 1.29 is 24.1 Å². The molecule has 1 saturated heterocycles. The summed E-state index contributed by atoms with van der Waals surface area (Å²) in [5.74, 6) is 1.44. The number of ether oxygens (including phenoxy) is 2. The lowest BCUT2D eigenvalue weighted by Gasteiger charge is -2.37. The van der Waals surface area contributed by atoms with Crippen LogP contribution in [-0.4, -0.2) is 48.0 Å². The van der Waals surface area contributed by atoms with Crippen molar-refractivity contribution in [1.82, 2.24) is 4.90 Å². The fourth-order valence-electron chi connectivity index (χ4n) is 4.84. The Morgan fingerprint density at radius 2 is 1.89 bits per heavy atom. The first-order valence-electron chi connectivity index (χ1n) is 11.9. The van der Waals surface area contributed by atoms with Gasteiger partial charge in [-0.05, 0) is 54.0 Å². The average molecular weight is 487 g/mol. The maximum atomic E-state index is 12.6. The van der Waals surface area contributed by atoms with Gasteiger partial charge in [0.25, 0.3) is 0 Å². The lowest BCUT2D eigenvalue weighted by atomic mass is 9.85. The van der Waals surface area contributed by atoms with Crippen molar-refractivity contribution in [2.24, 2.45) is 5.92 Å². The van der Waals surface area contributed by atoms with Crippen molar-refractivity contribution in [3.63, 3.8) is 0 Å². The van der Waals surface area contributed by atoms with E-state index in [2.05, 4.69) is 4.90 Å². The molecule has 1 atom stereocenters. The summed E-state index contributed by atoms with van der Waals surface area (Å²) in [6.45, 7) is 4.55. The van der Waals surface area contributed by atoms with E-state index in [0.29, 0.717) is 17.9 Å². The van der Waals surface area contributed by atoms with Crippen molar-refractivity contribution >= 4 is 11.1 Å². The minimum absolute atomic E-state index is 0.104. The van der Waals surface area contributed by atoms with Crippen LogP contribution in [0.5, 0.6) is 23.0 Å². The maximum absolute atomic E-state index is 12.6. The number of allylic oxidation sites excluding steroid dienone is 1. The van der Waals surface area contributed by atoms with Crippen molar-refractivity contribution in [2.45, 2.75) is 13.0 Å². The van der Waals surface area contributed by atoms with E-state index in [-0.39, 0.29) is 29.7 Å². The number of likely N-dealkylation sites (tertiary alicyclic amines) is 1. The molecule has 0 aromatic heterocycles. The fraction of sp³-hybridized carbons (Fsp3) is 0.276. The number of nitriles is 1. The molecule has 0 unspecified atom stereocenters. The number of aromatic hydroxyl groups is 2. The molecular formula is C29H27FN2O4. The summed E-state index contributed by atoms with van der Waals surface area (Å²) in [5, 5.41) is 29.8. The van der Waals surface area contributed by atoms with Crippen LogP contribution >= 0.6 is 0 Å². The molecule has 2 aliphatic heterocycles. The summed E-state index contributed by atoms with van der Waals surface area (Å²) in [5.41, 5.74) is 4.26. The number of hydrogen-bond donors (Lipinski definition) is 2. The van der Waals surface area contributed by atoms with E-state index in [1.165, 1.54) is 0 Å². The van der Waals surface area contributed by atoms with Gasteiger partial charge in [-0.25, -0.2) is 0 Å². The first-order valence-corrected chi connectivity index (χ1v) is 11.9. The topological polar surface area (TPSA) is 86.0 Å². The van der Waals surface area contributed by atoms with Crippen LogP contribution in [0.15, 0.2) is 60.7 Å². The summed E-state index contributed by atoms with van der Waals surface area (Å²) in [4.78, 5) is 2.17. The van der Waals surface area contributed by atoms with E-state index in [0.717, 1.165) is 47.7 Å². The largest absolute Gasteiger partial charge is 0.508 e. The Morgan fingerprint density at radius 3 is 2.58 bits per heavy atom. The predicted molar refractivity (Wildman–Crippen MR) is 135 cm³/mol. The first-order chi connectivity index (χ1) is 17.5. The maximum Gasteiger partial charge on any atom is 0.150 e. The summed E-state index contributed by atoms with van der Waals surface area (Å²) >= 11 is 0. The zero-order chi connectivity index (χ0) is 25.2. The van der Waals surface area contributed by atoms with Crippen LogP contribution in [0.1, 0.15) is 35.3 Å². The summed E-state index contributed by atoms with van der Waals surface area (Å²) in [6.07, 6.45) is -0.497. The van der Waals surface area contributed by atoms with E-state index in [1.54, 1.807) is 30.3 Å². The van der Waals surface area contributed by atoms with Gasteiger partial charge in [0.15, 0.2) is 0 Å². The Kier molecular flexibility index (Phi) is 6.53. The molecule has 3 aromatic carbocycles. The van der Waals surface area contributed by atoms with Gasteiger partial charge in [0, 0.05) is 42.8 Å². The summed E-state index contributed by atoms with van der Waals surface area (Å²) in [7, 11) is 0. The van der Waals surface area contributed by atoms with E-state index < -0.39 is 6.10 Å². The third-order valence-electron chi connectivity index (χ3n) is 6.80. The monoisotopic (exact) mass is 486 g/mol. The molecule has 2 heterocycles. The second-order valence-electron chi connectivity index (χ2n) is 9.26. The number of benzene rings is 3. The smallest absolute Gasteiger partial charge is 0.150 e. The van der Waals surface area contributed by atoms with Crippen LogP contribution < -0.4 is 9.47 Å². The number of alkyl halides is 1. The molecule has 3 aromatic rings. The molecule has 184 valence electrons. The van der Waals surface area contributed by atoms with Crippen LogP contribution in [0, 0.1) is 17.2 Å². The Morgan fingerprint density at radius 1 is 1.11 bits per heavy atom. The lowest BCUT2D eigenvalue weighted by molar-refractivity contribution is 0.0668. The fourth-order valence-corrected chi connectivity index (χ4v) is 4.84. The van der Waals surface area contributed by atoms with Crippen molar-refractivity contribution in [1.29, 1.82) is 5.26 Å². The van der Waals surface area contributed by atoms with Gasteiger partial charge in [-0.3, -0.25) is 9.29 Å². The Labute approximate surface area is 209 Å². The molecule has 6 nitrogen and oxygen atoms in total. The highest BCUT2D eigenvalue weighted by atomic mass is 19.1. The lowest BCUT2D eigenvalue weighted by Crippen LogP contribution is -2.49. The number of hydrogen-bond acceptors (Lipinski definition) is 6. The van der Waals surface area contributed by atoms with Crippen molar-refractivity contribution in [2.75, 3.05) is 32.9 Å². The van der Waals surface area contributed by atoms with Crippen LogP contribution in [0.25, 0.3) is 11.1 Å². The normalized spacial score (nSPS) is 17.6. The SMILES string of the molecule is CC1=C(c2cccc(O)c2)[C@H](c2ccc(OCCN3CC(CF)C3)cc2)Oc2cc(C#N)c(O)cc21. The second-order valence-corrected chi connectivity index (χ2v) is 9.26. The van der Waals surface area contributed by atoms with Crippen LogP contribution in [0.2, 0.25) is 0 Å². The zero-order valence-electron chi connectivity index (χ0n) is 19.9. The van der Waals surface area contributed by atoms with Crippen LogP contribution in [-0.2, 0) is 0 Å². The van der Waals surface area contributed by atoms with Gasteiger partial charge < -0.3 is 19.7 Å². The van der Waals surface area contributed by atoms with E-state index >= 15 is 0 Å². The minimum Gasteiger partial charge on any atom is -0.508 e. The Balaban J connectivity index is 1.42. The molecule has 2 aliphatic rings. The molecule has 0 spiro atoms. The van der Waals surface area contributed by atoms with E-state index in [1.807, 2.05) is 43.3 Å². The highest BCUT2D eigenvalue weighted by molar-refractivity contribution is 5.96. The standard InChI is InChI=1S/C29H27FN2O4/c1-18-25-13-26(34)22(15-31)12-27(25)36-29(28(18)21-3-2-4-23(33)11-21)20-5-7-24(8-6-20)35-10-9-32-16-19(14-30)17-32/h2-8,11-13,19,29,33-34H,9-10,14,16-17H2,1H3/t29-/m0/s1. The van der Waals surface area contributed by atoms with Crippen molar-refractivity contribution in [3.05, 3.63) is 82.9 Å². The Hall–Kier alpha value is -4.02. The molecule has 2 N–H and O–H groups in total. The van der Waals surface area contributed by atoms with Gasteiger partial charge in [-0.1, -0.05) is 24.3 Å². The van der Waals surface area contributed by atoms with Gasteiger partial charge in [-0.15, -0.1) is 0 Å². The molecule has 7 heteroatoms. The molecule has 0 bridgehead atoms. The van der Waals surface area contributed by atoms with Gasteiger partial charge in [0.2, 0.25) is 0 Å². The van der Waals surface area contributed by atoms with Gasteiger partial charge in [-0.2, -0.15) is 5.26 Å². The van der Waals surface area contributed by atoms with Crippen LogP contribution in [0.4, 0.5) is 4.39 Å². The predicted octanol–water partition coefficient (Wildman–Crippen LogP) is 5.31. The highest BCUT2D eigenvalue weighted by Crippen LogP contribution is 2.48. The molecule has 0 aliphatic carbocycles. The quantitative estimate of drug-likeness (QED) is 0.471. The molecule has 0 amide bonds. The van der Waals surface area contributed by atoms with Gasteiger partial charge >= 0.3 is 0 Å². The third-order valence-corrected chi connectivity index (χ3v) is 6.80. The average Bonchev–Trinajstić information content (AvgIpc) is 2.85. The molecule has 0 radical (unpaired) electrons. The van der Waals surface area contributed by atoms with Gasteiger partial charge in [0.05, 0.1) is 12.2 Å². The molecule has 1 fully saturated rings.